The molecule has 1 aromatic rings. The molecule has 20 heavy (non-hydrogen) atoms. The number of hydrogen-bond donors (Lipinski definition) is 2. The van der Waals surface area contributed by atoms with Gasteiger partial charge in [-0.3, -0.25) is 4.79 Å². The fourth-order valence-electron chi connectivity index (χ4n) is 1.60. The highest BCUT2D eigenvalue weighted by Gasteiger charge is 2.14. The van der Waals surface area contributed by atoms with Gasteiger partial charge in [0.25, 0.3) is 0 Å². The first-order chi connectivity index (χ1) is 9.45. The second-order valence-corrected chi connectivity index (χ2v) is 7.39. The lowest BCUT2D eigenvalue weighted by Gasteiger charge is -2.06. The summed E-state index contributed by atoms with van der Waals surface area (Å²) in [4.78, 5) is 11.7. The largest absolute Gasteiger partial charge is 0.356 e. The third-order valence-electron chi connectivity index (χ3n) is 2.69. The molecule has 0 radical (unpaired) electrons. The summed E-state index contributed by atoms with van der Waals surface area (Å²) in [6.45, 7) is 1.06. The van der Waals surface area contributed by atoms with E-state index < -0.39 is 9.84 Å². The summed E-state index contributed by atoms with van der Waals surface area (Å²) in [7, 11) is -3.32. The van der Waals surface area contributed by atoms with Crippen molar-refractivity contribution in [1.82, 2.24) is 5.32 Å². The molecule has 1 aromatic carbocycles. The molecule has 7 heteroatoms. The summed E-state index contributed by atoms with van der Waals surface area (Å²) >= 11 is 3.26. The van der Waals surface area contributed by atoms with E-state index in [0.29, 0.717) is 19.5 Å². The first-order valence-corrected chi connectivity index (χ1v) is 8.85. The molecule has 3 N–H and O–H groups in total. The lowest BCUT2D eigenvalue weighted by Crippen LogP contribution is -2.26. The Bertz CT molecular complexity index is 529. The second-order valence-electron chi connectivity index (χ2n) is 4.37. The molecule has 0 aliphatic heterocycles. The number of benzene rings is 1. The number of amides is 1. The monoisotopic (exact) mass is 362 g/mol. The highest BCUT2D eigenvalue weighted by Crippen LogP contribution is 2.16. The van der Waals surface area contributed by atoms with Gasteiger partial charge in [-0.1, -0.05) is 15.9 Å². The van der Waals surface area contributed by atoms with Crippen LogP contribution in [0.4, 0.5) is 0 Å². The fraction of sp³-hybridized carbons (Fsp3) is 0.462. The van der Waals surface area contributed by atoms with Crippen LogP contribution in [0.2, 0.25) is 0 Å². The standard InChI is InChI=1S/C13H19BrN2O3S/c14-11-4-6-12(7-5-11)20(18,19)10-1-3-13(17)16-9-2-8-15/h4-7H,1-3,8-10,15H2,(H,16,17). The molecule has 0 unspecified atom stereocenters. The Labute approximate surface area is 128 Å². The molecular formula is C13H19BrN2O3S. The van der Waals surface area contributed by atoms with Crippen molar-refractivity contribution >= 4 is 31.7 Å². The van der Waals surface area contributed by atoms with E-state index in [-0.39, 0.29) is 23.0 Å². The van der Waals surface area contributed by atoms with E-state index in [9.17, 15) is 13.2 Å². The van der Waals surface area contributed by atoms with Crippen LogP contribution >= 0.6 is 15.9 Å². The van der Waals surface area contributed by atoms with Crippen LogP contribution < -0.4 is 11.1 Å². The number of halogens is 1. The quantitative estimate of drug-likeness (QED) is 0.685. The molecule has 0 bridgehead atoms. The Morgan fingerprint density at radius 1 is 1.20 bits per heavy atom. The maximum atomic E-state index is 12.0. The minimum absolute atomic E-state index is 0.0288. The molecule has 0 aliphatic rings. The molecule has 1 amide bonds. The number of carbonyl (C=O) groups is 1. The molecule has 0 saturated carbocycles. The van der Waals surface area contributed by atoms with E-state index in [1.54, 1.807) is 24.3 Å². The van der Waals surface area contributed by atoms with Crippen molar-refractivity contribution in [3.05, 3.63) is 28.7 Å². The summed E-state index contributed by atoms with van der Waals surface area (Å²) in [5, 5.41) is 2.70. The number of nitrogens with one attached hydrogen (secondary N) is 1. The van der Waals surface area contributed by atoms with Gasteiger partial charge >= 0.3 is 0 Å². The van der Waals surface area contributed by atoms with Crippen LogP contribution in [0.15, 0.2) is 33.6 Å². The normalized spacial score (nSPS) is 11.3. The van der Waals surface area contributed by atoms with E-state index in [4.69, 9.17) is 5.73 Å². The average molecular weight is 363 g/mol. The van der Waals surface area contributed by atoms with Gasteiger partial charge in [-0.05, 0) is 43.7 Å². The molecule has 5 nitrogen and oxygen atoms in total. The van der Waals surface area contributed by atoms with Gasteiger partial charge in [0.15, 0.2) is 9.84 Å². The van der Waals surface area contributed by atoms with Gasteiger partial charge in [-0.2, -0.15) is 0 Å². The summed E-state index contributed by atoms with van der Waals surface area (Å²) in [6, 6.07) is 6.49. The molecule has 0 atom stereocenters. The number of carbonyl (C=O) groups excluding carboxylic acids is 1. The van der Waals surface area contributed by atoms with Crippen molar-refractivity contribution in [2.45, 2.75) is 24.2 Å². The van der Waals surface area contributed by atoms with Crippen LogP contribution in [-0.4, -0.2) is 33.2 Å². The Balaban J connectivity index is 2.40. The molecule has 0 fully saturated rings. The molecule has 0 spiro atoms. The zero-order valence-corrected chi connectivity index (χ0v) is 13.5. The van der Waals surface area contributed by atoms with Gasteiger partial charge in [0.1, 0.15) is 0 Å². The van der Waals surface area contributed by atoms with Crippen LogP contribution in [0.3, 0.4) is 0 Å². The second kappa shape index (κ2) is 8.39. The van der Waals surface area contributed by atoms with E-state index in [1.165, 1.54) is 0 Å². The van der Waals surface area contributed by atoms with E-state index in [0.717, 1.165) is 10.9 Å². The maximum Gasteiger partial charge on any atom is 0.220 e. The number of sulfone groups is 1. The first kappa shape index (κ1) is 17.1. The highest BCUT2D eigenvalue weighted by molar-refractivity contribution is 9.10. The third-order valence-corrected chi connectivity index (χ3v) is 5.04. The number of nitrogens with two attached hydrogens (primary N) is 1. The predicted molar refractivity (Wildman–Crippen MR) is 82.1 cm³/mol. The van der Waals surface area contributed by atoms with Crippen molar-refractivity contribution in [1.29, 1.82) is 0 Å². The first-order valence-electron chi connectivity index (χ1n) is 6.41. The maximum absolute atomic E-state index is 12.0. The van der Waals surface area contributed by atoms with Gasteiger partial charge in [0.2, 0.25) is 5.91 Å². The minimum Gasteiger partial charge on any atom is -0.356 e. The molecule has 0 aromatic heterocycles. The van der Waals surface area contributed by atoms with Gasteiger partial charge in [0.05, 0.1) is 10.6 Å². The van der Waals surface area contributed by atoms with Crippen LogP contribution in [0.1, 0.15) is 19.3 Å². The summed E-state index contributed by atoms with van der Waals surface area (Å²) < 4.78 is 24.9. The number of hydrogen-bond acceptors (Lipinski definition) is 4. The zero-order chi connectivity index (χ0) is 15.0. The van der Waals surface area contributed by atoms with Gasteiger partial charge in [-0.15, -0.1) is 0 Å². The van der Waals surface area contributed by atoms with Crippen molar-refractivity contribution in [3.63, 3.8) is 0 Å². The third kappa shape index (κ3) is 6.02. The summed E-state index contributed by atoms with van der Waals surface area (Å²) in [6.07, 6.45) is 1.25. The Hall–Kier alpha value is -0.920. The van der Waals surface area contributed by atoms with E-state index >= 15 is 0 Å². The molecule has 1 rings (SSSR count). The van der Waals surface area contributed by atoms with Gasteiger partial charge in [-0.25, -0.2) is 8.42 Å². The predicted octanol–water partition coefficient (Wildman–Crippen LogP) is 1.47. The molecular weight excluding hydrogens is 344 g/mol. The fourth-order valence-corrected chi connectivity index (χ4v) is 3.18. The lowest BCUT2D eigenvalue weighted by molar-refractivity contribution is -0.121. The SMILES string of the molecule is NCCCNC(=O)CCCS(=O)(=O)c1ccc(Br)cc1. The molecule has 0 saturated heterocycles. The Morgan fingerprint density at radius 2 is 1.85 bits per heavy atom. The topological polar surface area (TPSA) is 89.3 Å². The molecule has 112 valence electrons. The van der Waals surface area contributed by atoms with Crippen LogP contribution in [0, 0.1) is 0 Å². The van der Waals surface area contributed by atoms with Crippen molar-refractivity contribution in [2.24, 2.45) is 5.73 Å². The van der Waals surface area contributed by atoms with Crippen molar-refractivity contribution < 1.29 is 13.2 Å². The Kier molecular flexibility index (Phi) is 7.18. The van der Waals surface area contributed by atoms with E-state index in [2.05, 4.69) is 21.2 Å². The van der Waals surface area contributed by atoms with E-state index in [1.807, 2.05) is 0 Å². The summed E-state index contributed by atoms with van der Waals surface area (Å²) in [5.74, 6) is -0.164. The lowest BCUT2D eigenvalue weighted by atomic mass is 10.3. The highest BCUT2D eigenvalue weighted by atomic mass is 79.9. The Morgan fingerprint density at radius 3 is 2.45 bits per heavy atom. The van der Waals surface area contributed by atoms with Gasteiger partial charge < -0.3 is 11.1 Å². The summed E-state index contributed by atoms with van der Waals surface area (Å²) in [5.41, 5.74) is 5.31. The minimum atomic E-state index is -3.32. The van der Waals surface area contributed by atoms with Crippen LogP contribution in [0.5, 0.6) is 0 Å². The number of rotatable bonds is 8. The van der Waals surface area contributed by atoms with Crippen LogP contribution in [0.25, 0.3) is 0 Å². The molecule has 0 heterocycles. The van der Waals surface area contributed by atoms with Gasteiger partial charge in [0, 0.05) is 17.4 Å². The molecule has 0 aliphatic carbocycles. The van der Waals surface area contributed by atoms with Crippen LogP contribution in [-0.2, 0) is 14.6 Å². The smallest absolute Gasteiger partial charge is 0.220 e. The zero-order valence-electron chi connectivity index (χ0n) is 11.1. The van der Waals surface area contributed by atoms with Crippen molar-refractivity contribution in [3.8, 4) is 0 Å². The average Bonchev–Trinajstić information content (AvgIpc) is 2.39. The van der Waals surface area contributed by atoms with Crippen molar-refractivity contribution in [2.75, 3.05) is 18.8 Å².